The minimum absolute atomic E-state index is 0.573. The van der Waals surface area contributed by atoms with Gasteiger partial charge in [0.25, 0.3) is 7.72 Å². The molecule has 7 heteroatoms. The monoisotopic (exact) mass is 189 g/mol. The third kappa shape index (κ3) is 5.30. The van der Waals surface area contributed by atoms with Crippen LogP contribution >= 0.6 is 15.3 Å². The van der Waals surface area contributed by atoms with Crippen molar-refractivity contribution in [2.75, 3.05) is 19.7 Å². The Morgan fingerprint density at radius 3 is 2.10 bits per heavy atom. The van der Waals surface area contributed by atoms with Gasteiger partial charge in [0.1, 0.15) is 6.66 Å². The first kappa shape index (κ1) is 10.5. The van der Waals surface area contributed by atoms with E-state index in [-0.39, 0.29) is 0 Å². The number of rotatable bonds is 3. The Kier molecular flexibility index (Phi) is 3.43. The summed E-state index contributed by atoms with van der Waals surface area (Å²) in [6, 6.07) is 0. The summed E-state index contributed by atoms with van der Waals surface area (Å²) in [4.78, 5) is 25.8. The number of hydrogen-bond acceptors (Lipinski definition) is 3. The summed E-state index contributed by atoms with van der Waals surface area (Å²) in [7, 11) is -5.71. The minimum Gasteiger partial charge on any atom is -0.322 e. The average molecular weight is 189 g/mol. The van der Waals surface area contributed by atoms with E-state index >= 15 is 0 Å². The second kappa shape index (κ2) is 3.26. The average Bonchev–Trinajstić information content (AvgIpc) is 1.60. The predicted molar refractivity (Wildman–Crippen MR) is 39.0 cm³/mol. The van der Waals surface area contributed by atoms with E-state index in [1.54, 1.807) is 0 Å². The molecule has 0 aromatic heterocycles. The maximum Gasteiger partial charge on any atom is 0.367 e. The molecular weight excluding hydrogens is 178 g/mol. The highest BCUT2D eigenvalue weighted by Gasteiger charge is 2.38. The van der Waals surface area contributed by atoms with Gasteiger partial charge in [0, 0.05) is 0 Å². The maximum absolute atomic E-state index is 10.3. The Morgan fingerprint density at radius 1 is 1.60 bits per heavy atom. The molecule has 0 radical (unpaired) electrons. The summed E-state index contributed by atoms with van der Waals surface area (Å²) >= 11 is 0. The molecule has 0 rings (SSSR count). The van der Waals surface area contributed by atoms with Crippen molar-refractivity contribution in [1.82, 2.24) is 0 Å². The fourth-order valence-corrected chi connectivity index (χ4v) is 3.60. The smallest absolute Gasteiger partial charge is 0.322 e. The first-order valence-corrected chi connectivity index (χ1v) is 6.54. The second-order valence-electron chi connectivity index (χ2n) is 2.04. The molecule has 62 valence electrons. The van der Waals surface area contributed by atoms with E-state index in [0.717, 1.165) is 0 Å². The van der Waals surface area contributed by atoms with Gasteiger partial charge in [0.05, 0.1) is 7.11 Å². The lowest BCUT2D eigenvalue weighted by atomic mass is 11.8. The Morgan fingerprint density at radius 2 is 2.00 bits per heavy atom. The molecular formula is C3H11O5P2+. The Labute approximate surface area is 59.7 Å². The molecule has 3 N–H and O–H groups in total. The van der Waals surface area contributed by atoms with Crippen molar-refractivity contribution in [2.24, 2.45) is 0 Å². The van der Waals surface area contributed by atoms with Crippen LogP contribution in [0.25, 0.3) is 0 Å². The molecule has 0 aromatic rings. The van der Waals surface area contributed by atoms with Crippen LogP contribution < -0.4 is 0 Å². The molecule has 0 heterocycles. The van der Waals surface area contributed by atoms with Crippen molar-refractivity contribution < 1.29 is 23.8 Å². The van der Waals surface area contributed by atoms with Gasteiger partial charge >= 0.3 is 7.60 Å². The Balaban J connectivity index is 4.02. The zero-order chi connectivity index (χ0) is 8.41. The lowest BCUT2D eigenvalue weighted by Crippen LogP contribution is -1.98. The highest BCUT2D eigenvalue weighted by atomic mass is 31.3. The zero-order valence-corrected chi connectivity index (χ0v) is 7.55. The third-order valence-electron chi connectivity index (χ3n) is 0.840. The van der Waals surface area contributed by atoms with Gasteiger partial charge < -0.3 is 9.79 Å². The fourth-order valence-electron chi connectivity index (χ4n) is 0.400. The van der Waals surface area contributed by atoms with Crippen LogP contribution in [0.2, 0.25) is 0 Å². The normalized spacial score (nSPS) is 18.5. The van der Waals surface area contributed by atoms with Crippen LogP contribution in [0.1, 0.15) is 0 Å². The van der Waals surface area contributed by atoms with E-state index in [9.17, 15) is 4.57 Å². The van der Waals surface area contributed by atoms with Crippen LogP contribution in [0.5, 0.6) is 0 Å². The Bertz CT molecular complexity index is 149. The summed E-state index contributed by atoms with van der Waals surface area (Å²) in [5, 5.41) is 0. The molecule has 0 aliphatic rings. The Hall–Kier alpha value is 0.500. The van der Waals surface area contributed by atoms with Crippen LogP contribution in [0.15, 0.2) is 0 Å². The lowest BCUT2D eigenvalue weighted by Gasteiger charge is -2.11. The van der Waals surface area contributed by atoms with Gasteiger partial charge in [0.15, 0.2) is 0 Å². The van der Waals surface area contributed by atoms with Gasteiger partial charge in [-0.05, 0) is 0 Å². The summed E-state index contributed by atoms with van der Waals surface area (Å²) in [6.07, 6.45) is 0. The molecule has 0 fully saturated rings. The quantitative estimate of drug-likeness (QED) is 0.553. The van der Waals surface area contributed by atoms with Crippen LogP contribution in [0.4, 0.5) is 0 Å². The first-order valence-electron chi connectivity index (χ1n) is 2.45. The van der Waals surface area contributed by atoms with Crippen molar-refractivity contribution in [3.63, 3.8) is 0 Å². The van der Waals surface area contributed by atoms with Gasteiger partial charge in [-0.3, -0.25) is 4.57 Å². The molecule has 1 atom stereocenters. The molecule has 0 spiro atoms. The summed E-state index contributed by atoms with van der Waals surface area (Å²) < 4.78 is 14.8. The summed E-state index contributed by atoms with van der Waals surface area (Å²) in [6.45, 7) is 1.30. The molecule has 0 bridgehead atoms. The van der Waals surface area contributed by atoms with Gasteiger partial charge in [-0.2, -0.15) is 0 Å². The zero-order valence-electron chi connectivity index (χ0n) is 5.76. The van der Waals surface area contributed by atoms with Crippen LogP contribution in [0, 0.1) is 0 Å². The predicted octanol–water partition coefficient (Wildman–Crippen LogP) is 0.238. The van der Waals surface area contributed by atoms with Crippen molar-refractivity contribution in [1.29, 1.82) is 0 Å². The molecule has 0 aromatic carbocycles. The highest BCUT2D eigenvalue weighted by Crippen LogP contribution is 2.61. The maximum atomic E-state index is 10.3. The van der Waals surface area contributed by atoms with Gasteiger partial charge in [-0.15, -0.1) is 0 Å². The van der Waals surface area contributed by atoms with E-state index in [1.807, 2.05) is 0 Å². The van der Waals surface area contributed by atoms with Crippen LogP contribution in [-0.2, 0) is 9.09 Å². The topological polar surface area (TPSA) is 87.0 Å². The molecule has 5 nitrogen and oxygen atoms in total. The minimum atomic E-state index is -4.13. The van der Waals surface area contributed by atoms with Gasteiger partial charge in [-0.25, -0.2) is 9.42 Å². The van der Waals surface area contributed by atoms with E-state index in [0.29, 0.717) is 0 Å². The first-order chi connectivity index (χ1) is 4.27. The molecule has 0 saturated heterocycles. The third-order valence-corrected chi connectivity index (χ3v) is 5.20. The summed E-state index contributed by atoms with van der Waals surface area (Å²) in [5.74, 6) is -0.573. The highest BCUT2D eigenvalue weighted by molar-refractivity contribution is 7.76. The second-order valence-corrected chi connectivity index (χ2v) is 6.97. The van der Waals surface area contributed by atoms with Crippen molar-refractivity contribution in [3.8, 4) is 0 Å². The fraction of sp³-hybridized carbons (Fsp3) is 1.00. The van der Waals surface area contributed by atoms with E-state index in [4.69, 9.17) is 14.7 Å². The molecule has 0 aliphatic carbocycles. The molecule has 0 amide bonds. The van der Waals surface area contributed by atoms with Gasteiger partial charge in [-0.1, -0.05) is 0 Å². The van der Waals surface area contributed by atoms with Crippen molar-refractivity contribution in [2.45, 2.75) is 0 Å². The largest absolute Gasteiger partial charge is 0.367 e. The van der Waals surface area contributed by atoms with Crippen molar-refractivity contribution in [3.05, 3.63) is 0 Å². The van der Waals surface area contributed by atoms with E-state index < -0.39 is 21.2 Å². The lowest BCUT2D eigenvalue weighted by molar-refractivity contribution is 0.356. The standard InChI is InChI=1S/C3H10O5P2/c1-8-9(2,4)3-10(5,6)7/h4H,3H2,1-2H3,(H-,5,6,7)/p+1. The van der Waals surface area contributed by atoms with Gasteiger partial charge in [0.2, 0.25) is 5.90 Å². The van der Waals surface area contributed by atoms with Crippen molar-refractivity contribution >= 4 is 15.3 Å². The number of hydrogen-bond donors (Lipinski definition) is 3. The SMILES string of the molecule is CO[P+](C)(O)CP(=O)(O)O. The van der Waals surface area contributed by atoms with Crippen LogP contribution in [0.3, 0.4) is 0 Å². The van der Waals surface area contributed by atoms with E-state index in [2.05, 4.69) is 4.52 Å². The molecule has 0 saturated carbocycles. The van der Waals surface area contributed by atoms with Crippen LogP contribution in [-0.4, -0.2) is 34.4 Å². The van der Waals surface area contributed by atoms with E-state index in [1.165, 1.54) is 13.8 Å². The molecule has 10 heavy (non-hydrogen) atoms. The summed E-state index contributed by atoms with van der Waals surface area (Å²) in [5.41, 5.74) is 0. The molecule has 0 aliphatic heterocycles. The molecule has 1 unspecified atom stereocenters.